The maximum Gasteiger partial charge on any atom is 0.329 e. The van der Waals surface area contributed by atoms with Gasteiger partial charge >= 0.3 is 11.7 Å². The number of nitrogens with zero attached hydrogens (tertiary/aromatic N) is 5. The smallest absolute Gasteiger partial charge is 0.329 e. The Kier molecular flexibility index (Phi) is 7.46. The molecule has 0 aliphatic carbocycles. The molecule has 1 saturated heterocycles. The van der Waals surface area contributed by atoms with Crippen molar-refractivity contribution in [1.29, 1.82) is 0 Å². The average Bonchev–Trinajstić information content (AvgIpc) is 3.23. The molecule has 0 unspecified atom stereocenters. The highest BCUT2D eigenvalue weighted by atomic mass is 16.5. The van der Waals surface area contributed by atoms with Crippen LogP contribution in [0.3, 0.4) is 0 Å². The Hall–Kier alpha value is -3.40. The fourth-order valence-electron chi connectivity index (χ4n) is 4.27. The number of aryl methyl sites for hydroxylation is 2. The van der Waals surface area contributed by atoms with Crippen LogP contribution in [0, 0.1) is 0 Å². The molecule has 0 amide bonds. The summed E-state index contributed by atoms with van der Waals surface area (Å²) >= 11 is 0. The van der Waals surface area contributed by atoms with Gasteiger partial charge in [0.05, 0.1) is 6.54 Å². The van der Waals surface area contributed by atoms with Gasteiger partial charge in [-0.25, -0.2) is 4.79 Å². The van der Waals surface area contributed by atoms with Crippen molar-refractivity contribution >= 4 is 23.1 Å². The van der Waals surface area contributed by atoms with E-state index in [0.717, 1.165) is 24.8 Å². The van der Waals surface area contributed by atoms with E-state index in [1.54, 1.807) is 7.05 Å². The van der Waals surface area contributed by atoms with Crippen LogP contribution in [0.25, 0.3) is 11.2 Å². The van der Waals surface area contributed by atoms with E-state index in [4.69, 9.17) is 9.72 Å². The summed E-state index contributed by atoms with van der Waals surface area (Å²) in [5.74, 6) is 0.453. The summed E-state index contributed by atoms with van der Waals surface area (Å²) in [5.41, 5.74) is 0.911. The number of carbonyl (C=O) groups excluding carboxylic acids is 1. The number of anilines is 1. The molecule has 4 rings (SSSR count). The molecule has 3 aromatic rings. The zero-order valence-electron chi connectivity index (χ0n) is 19.8. The largest absolute Gasteiger partial charge is 0.460 e. The predicted octanol–water partition coefficient (Wildman–Crippen LogP) is 1.48. The third kappa shape index (κ3) is 5.22. The second-order valence-corrected chi connectivity index (χ2v) is 8.67. The number of imidazole rings is 1. The zero-order valence-corrected chi connectivity index (χ0v) is 19.8. The molecule has 1 N–H and O–H groups in total. The Labute approximate surface area is 197 Å². The molecule has 1 aliphatic heterocycles. The van der Waals surface area contributed by atoms with Crippen LogP contribution in [0.1, 0.15) is 31.7 Å². The molecule has 10 heteroatoms. The molecule has 1 fully saturated rings. The first kappa shape index (κ1) is 23.7. The molecule has 10 nitrogen and oxygen atoms in total. The number of piperazine rings is 1. The van der Waals surface area contributed by atoms with Crippen LogP contribution in [0.5, 0.6) is 0 Å². The van der Waals surface area contributed by atoms with Crippen LogP contribution in [-0.4, -0.2) is 62.7 Å². The lowest BCUT2D eigenvalue weighted by molar-refractivity contribution is -0.146. The van der Waals surface area contributed by atoms with Crippen LogP contribution in [-0.2, 0) is 29.7 Å². The number of rotatable bonds is 9. The van der Waals surface area contributed by atoms with Crippen molar-refractivity contribution in [1.82, 2.24) is 24.0 Å². The molecular formula is C24H32N6O4. The van der Waals surface area contributed by atoms with Crippen molar-refractivity contribution in [2.75, 3.05) is 37.6 Å². The van der Waals surface area contributed by atoms with Crippen molar-refractivity contribution < 1.29 is 9.53 Å². The van der Waals surface area contributed by atoms with Crippen LogP contribution in [0.15, 0.2) is 39.9 Å². The summed E-state index contributed by atoms with van der Waals surface area (Å²) in [5, 5.41) is 0. The van der Waals surface area contributed by atoms with E-state index in [2.05, 4.69) is 21.7 Å². The summed E-state index contributed by atoms with van der Waals surface area (Å²) in [6, 6.07) is 9.63. The number of fused-ring (bicyclic) bond motifs is 1. The minimum Gasteiger partial charge on any atom is -0.460 e. The van der Waals surface area contributed by atoms with Gasteiger partial charge in [-0.15, -0.1) is 0 Å². The fraction of sp³-hybridized carbons (Fsp3) is 0.500. The number of hydrogen-bond acceptors (Lipinski definition) is 7. The molecule has 0 bridgehead atoms. The van der Waals surface area contributed by atoms with Gasteiger partial charge in [-0.3, -0.25) is 24.0 Å². The Bertz CT molecular complexity index is 1240. The third-order valence-electron chi connectivity index (χ3n) is 6.22. The first-order valence-electron chi connectivity index (χ1n) is 11.8. The molecular weight excluding hydrogens is 436 g/mol. The molecule has 1 aliphatic rings. The van der Waals surface area contributed by atoms with E-state index < -0.39 is 11.2 Å². The van der Waals surface area contributed by atoms with Crippen LogP contribution >= 0.6 is 0 Å². The number of hydrogen-bond donors (Lipinski definition) is 1. The van der Waals surface area contributed by atoms with Gasteiger partial charge in [-0.2, -0.15) is 4.98 Å². The lowest BCUT2D eigenvalue weighted by Crippen LogP contribution is -2.49. The standard InChI is InChI=1S/C24H32N6O4/c1-3-4-8-11-30-20-21(27(2)24(33)26-22(20)32)25-23(30)29-14-12-28(13-15-29)16-19(31)34-17-18-9-6-5-7-10-18/h5-7,9-10H,3-4,8,11-17H2,1-2H3,(H,26,32,33). The van der Waals surface area contributed by atoms with Crippen LogP contribution in [0.4, 0.5) is 5.95 Å². The number of H-pyrrole nitrogens is 1. The van der Waals surface area contributed by atoms with E-state index in [-0.39, 0.29) is 19.1 Å². The molecule has 0 atom stereocenters. The summed E-state index contributed by atoms with van der Waals surface area (Å²) in [6.07, 6.45) is 3.03. The second-order valence-electron chi connectivity index (χ2n) is 8.67. The van der Waals surface area contributed by atoms with Crippen LogP contribution < -0.4 is 16.1 Å². The monoisotopic (exact) mass is 468 g/mol. The molecule has 3 heterocycles. The first-order valence-corrected chi connectivity index (χ1v) is 11.8. The Balaban J connectivity index is 1.44. The minimum absolute atomic E-state index is 0.238. The van der Waals surface area contributed by atoms with E-state index in [1.807, 2.05) is 34.9 Å². The van der Waals surface area contributed by atoms with E-state index in [1.165, 1.54) is 4.57 Å². The molecule has 0 spiro atoms. The zero-order chi connectivity index (χ0) is 24.1. The highest BCUT2D eigenvalue weighted by Gasteiger charge is 2.25. The van der Waals surface area contributed by atoms with Gasteiger partial charge < -0.3 is 14.2 Å². The van der Waals surface area contributed by atoms with Gasteiger partial charge in [0.1, 0.15) is 6.61 Å². The van der Waals surface area contributed by atoms with Crippen molar-refractivity contribution in [3.63, 3.8) is 0 Å². The van der Waals surface area contributed by atoms with Crippen LogP contribution in [0.2, 0.25) is 0 Å². The maximum absolute atomic E-state index is 12.6. The summed E-state index contributed by atoms with van der Waals surface area (Å²) in [7, 11) is 1.62. The molecule has 0 saturated carbocycles. The minimum atomic E-state index is -0.471. The topological polar surface area (TPSA) is 105 Å². The van der Waals surface area contributed by atoms with Crippen molar-refractivity contribution in [2.24, 2.45) is 7.05 Å². The maximum atomic E-state index is 12.6. The molecule has 0 radical (unpaired) electrons. The highest BCUT2D eigenvalue weighted by Crippen LogP contribution is 2.22. The predicted molar refractivity (Wildman–Crippen MR) is 130 cm³/mol. The number of esters is 1. The summed E-state index contributed by atoms with van der Waals surface area (Å²) in [6.45, 7) is 5.97. The molecule has 2 aromatic heterocycles. The van der Waals surface area contributed by atoms with Gasteiger partial charge in [0.2, 0.25) is 5.95 Å². The van der Waals surface area contributed by atoms with Crippen molar-refractivity contribution in [3.8, 4) is 0 Å². The Morgan fingerprint density at radius 2 is 1.82 bits per heavy atom. The second kappa shape index (κ2) is 10.7. The Morgan fingerprint density at radius 3 is 2.53 bits per heavy atom. The fourth-order valence-corrected chi connectivity index (χ4v) is 4.27. The van der Waals surface area contributed by atoms with E-state index >= 15 is 0 Å². The number of benzene rings is 1. The lowest BCUT2D eigenvalue weighted by Gasteiger charge is -2.34. The van der Waals surface area contributed by atoms with E-state index in [9.17, 15) is 14.4 Å². The van der Waals surface area contributed by atoms with Crippen molar-refractivity contribution in [3.05, 3.63) is 56.7 Å². The average molecular weight is 469 g/mol. The summed E-state index contributed by atoms with van der Waals surface area (Å²) in [4.78, 5) is 48.3. The third-order valence-corrected chi connectivity index (χ3v) is 6.22. The van der Waals surface area contributed by atoms with E-state index in [0.29, 0.717) is 49.8 Å². The number of aromatic amines is 1. The molecule has 182 valence electrons. The Morgan fingerprint density at radius 1 is 1.09 bits per heavy atom. The number of ether oxygens (including phenoxy) is 1. The summed E-state index contributed by atoms with van der Waals surface area (Å²) < 4.78 is 8.73. The number of unbranched alkanes of at least 4 members (excludes halogenated alkanes) is 2. The highest BCUT2D eigenvalue weighted by molar-refractivity contribution is 5.74. The molecule has 1 aromatic carbocycles. The number of aromatic nitrogens is 4. The SMILES string of the molecule is CCCCCn1c(N2CCN(CC(=O)OCc3ccccc3)CC2)nc2c1c(=O)[nH]c(=O)n2C. The molecule has 34 heavy (non-hydrogen) atoms. The first-order chi connectivity index (χ1) is 16.5. The normalized spacial score (nSPS) is 14.6. The van der Waals surface area contributed by atoms with Gasteiger partial charge in [-0.1, -0.05) is 50.1 Å². The lowest BCUT2D eigenvalue weighted by atomic mass is 10.2. The van der Waals surface area contributed by atoms with Gasteiger partial charge in [0, 0.05) is 39.8 Å². The van der Waals surface area contributed by atoms with Crippen molar-refractivity contribution in [2.45, 2.75) is 39.3 Å². The quantitative estimate of drug-likeness (QED) is 0.375. The number of nitrogens with one attached hydrogen (secondary N) is 1. The van der Waals surface area contributed by atoms with Gasteiger partial charge in [0.25, 0.3) is 5.56 Å². The number of carbonyl (C=O) groups is 1. The van der Waals surface area contributed by atoms with Gasteiger partial charge in [-0.05, 0) is 12.0 Å². The van der Waals surface area contributed by atoms with Gasteiger partial charge in [0.15, 0.2) is 11.2 Å².